The number of allylic oxidation sites excluding steroid dienone is 2. The molecule has 270 valence electrons. The lowest BCUT2D eigenvalue weighted by atomic mass is 9.95. The Morgan fingerprint density at radius 3 is 1.17 bits per heavy atom. The zero-order chi connectivity index (χ0) is 34.5. The van der Waals surface area contributed by atoms with Gasteiger partial charge in [-0.1, -0.05) is 130 Å². The molecule has 7 heteroatoms. The first-order chi connectivity index (χ1) is 22.2. The van der Waals surface area contributed by atoms with Crippen LogP contribution in [0.2, 0.25) is 0 Å². The molecule has 46 heavy (non-hydrogen) atoms. The van der Waals surface area contributed by atoms with Gasteiger partial charge in [0.05, 0.1) is 32.1 Å². The first kappa shape index (κ1) is 44.1. The molecule has 0 aromatic heterocycles. The van der Waals surface area contributed by atoms with Crippen LogP contribution in [0.15, 0.2) is 12.2 Å². The second-order valence-electron chi connectivity index (χ2n) is 14.0. The van der Waals surface area contributed by atoms with Crippen molar-refractivity contribution in [2.75, 3.05) is 26.2 Å². The highest BCUT2D eigenvalue weighted by atomic mass is 16.4. The van der Waals surface area contributed by atoms with E-state index in [1.54, 1.807) is 6.92 Å². The zero-order valence-electron chi connectivity index (χ0n) is 30.5. The third-order valence-electron chi connectivity index (χ3n) is 9.98. The molecule has 3 atom stereocenters. The Morgan fingerprint density at radius 1 is 0.522 bits per heavy atom. The van der Waals surface area contributed by atoms with Gasteiger partial charge in [0.15, 0.2) is 0 Å². The summed E-state index contributed by atoms with van der Waals surface area (Å²) in [6.07, 6.45) is 31.2. The van der Waals surface area contributed by atoms with Gasteiger partial charge in [-0.05, 0) is 57.8 Å². The molecule has 0 spiro atoms. The molecule has 0 saturated carbocycles. The topological polar surface area (TPSA) is 115 Å². The molecule has 0 aliphatic heterocycles. The van der Waals surface area contributed by atoms with Crippen LogP contribution in [0.4, 0.5) is 0 Å². The molecule has 3 unspecified atom stereocenters. The van der Waals surface area contributed by atoms with Crippen LogP contribution >= 0.6 is 0 Å². The van der Waals surface area contributed by atoms with Crippen molar-refractivity contribution >= 4 is 17.9 Å². The summed E-state index contributed by atoms with van der Waals surface area (Å²) in [6, 6.07) is 0. The number of quaternary nitrogens is 1. The van der Waals surface area contributed by atoms with E-state index in [9.17, 15) is 29.7 Å². The number of hydrogen-bond acceptors (Lipinski definition) is 4. The van der Waals surface area contributed by atoms with Crippen molar-refractivity contribution in [3.63, 3.8) is 0 Å². The lowest BCUT2D eigenvalue weighted by Crippen LogP contribution is -2.59. The van der Waals surface area contributed by atoms with Crippen LogP contribution in [0.3, 0.4) is 0 Å². The van der Waals surface area contributed by atoms with Crippen LogP contribution < -0.4 is 5.11 Å². The minimum Gasteiger partial charge on any atom is -0.550 e. The summed E-state index contributed by atoms with van der Waals surface area (Å²) in [5.41, 5.74) is 0. The quantitative estimate of drug-likeness (QED) is 0.0407. The fourth-order valence-electron chi connectivity index (χ4n) is 6.79. The van der Waals surface area contributed by atoms with E-state index in [0.717, 1.165) is 19.3 Å². The van der Waals surface area contributed by atoms with Gasteiger partial charge in [-0.15, -0.1) is 0 Å². The fourth-order valence-corrected chi connectivity index (χ4v) is 6.79. The Bertz CT molecular complexity index is 738. The van der Waals surface area contributed by atoms with Crippen molar-refractivity contribution in [3.8, 4) is 0 Å². The molecular weight excluding hydrogens is 578 g/mol. The third kappa shape index (κ3) is 22.6. The van der Waals surface area contributed by atoms with Crippen LogP contribution in [0.25, 0.3) is 0 Å². The van der Waals surface area contributed by atoms with Crippen LogP contribution in [0.1, 0.15) is 175 Å². The molecule has 0 aromatic carbocycles. The standard InChI is InChI=1S/C39H73NO6/c1-5-9-10-11-12-13-14-15-16-17-18-19-20-21-22-23-24-25-26-27-28-29-30-40(31-34(6-2)37(41)42,32-35(7-3)38(43)44)33-36(8-4)39(45)46/h16-17,34-36H,5-15,18-33H2,1-4H3,(H2-,41,42,43,44,45,46)/b17-16+. The molecule has 0 fully saturated rings. The highest BCUT2D eigenvalue weighted by Crippen LogP contribution is 2.25. The number of nitrogens with zero attached hydrogens (tertiary/aromatic N) is 1. The molecule has 2 N–H and O–H groups in total. The van der Waals surface area contributed by atoms with E-state index in [4.69, 9.17) is 0 Å². The monoisotopic (exact) mass is 652 g/mol. The molecule has 0 amide bonds. The number of carboxylic acid groups (broad SMARTS) is 3. The maximum absolute atomic E-state index is 12.0. The van der Waals surface area contributed by atoms with Crippen molar-refractivity contribution in [2.45, 2.75) is 175 Å². The SMILES string of the molecule is CCCCCCCCC/C=C/CCCCCCCCCCCCC[N+](CC(CC)C(=O)[O-])(CC(CC)C(=O)O)CC(CC)C(=O)O. The Kier molecular flexibility index (Phi) is 28.1. The molecule has 0 saturated heterocycles. The molecule has 0 aromatic rings. The minimum atomic E-state index is -1.14. The van der Waals surface area contributed by atoms with Gasteiger partial charge < -0.3 is 24.6 Å². The summed E-state index contributed by atoms with van der Waals surface area (Å²) in [5.74, 6) is -4.94. The predicted octanol–water partition coefficient (Wildman–Crippen LogP) is 9.18. The van der Waals surface area contributed by atoms with E-state index in [1.807, 2.05) is 13.8 Å². The van der Waals surface area contributed by atoms with Crippen molar-refractivity contribution in [1.82, 2.24) is 0 Å². The van der Waals surface area contributed by atoms with Gasteiger partial charge in [0.2, 0.25) is 0 Å². The summed E-state index contributed by atoms with van der Waals surface area (Å²) in [6.45, 7) is 9.07. The zero-order valence-corrected chi connectivity index (χ0v) is 30.5. The van der Waals surface area contributed by atoms with Gasteiger partial charge in [0.25, 0.3) is 0 Å². The highest BCUT2D eigenvalue weighted by Gasteiger charge is 2.39. The van der Waals surface area contributed by atoms with Crippen LogP contribution in [0.5, 0.6) is 0 Å². The summed E-state index contributed by atoms with van der Waals surface area (Å²) < 4.78 is 0.219. The number of hydrogen-bond donors (Lipinski definition) is 2. The number of unbranched alkanes of at least 4 members (excludes halogenated alkanes) is 18. The van der Waals surface area contributed by atoms with E-state index in [1.165, 1.54) is 109 Å². The predicted molar refractivity (Wildman–Crippen MR) is 189 cm³/mol. The van der Waals surface area contributed by atoms with Crippen molar-refractivity contribution in [3.05, 3.63) is 12.2 Å². The lowest BCUT2D eigenvalue weighted by molar-refractivity contribution is -0.935. The summed E-state index contributed by atoms with van der Waals surface area (Å²) >= 11 is 0. The Morgan fingerprint density at radius 2 is 0.848 bits per heavy atom. The second-order valence-corrected chi connectivity index (χ2v) is 14.0. The number of carbonyl (C=O) groups excluding carboxylic acids is 1. The van der Waals surface area contributed by atoms with E-state index in [2.05, 4.69) is 19.1 Å². The summed E-state index contributed by atoms with van der Waals surface area (Å²) in [4.78, 5) is 35.9. The molecular formula is C39H73NO6. The van der Waals surface area contributed by atoms with E-state index >= 15 is 0 Å². The summed E-state index contributed by atoms with van der Waals surface area (Å²) in [5, 5.41) is 31.6. The van der Waals surface area contributed by atoms with E-state index in [-0.39, 0.29) is 24.1 Å². The van der Waals surface area contributed by atoms with Crippen molar-refractivity contribution < 1.29 is 34.2 Å². The molecule has 0 aliphatic carbocycles. The Hall–Kier alpha value is -1.89. The number of aliphatic carboxylic acids is 3. The maximum Gasteiger partial charge on any atom is 0.312 e. The number of carbonyl (C=O) groups is 3. The average Bonchev–Trinajstić information content (AvgIpc) is 3.03. The van der Waals surface area contributed by atoms with Gasteiger partial charge in [0, 0.05) is 5.92 Å². The Balaban J connectivity index is 4.44. The maximum atomic E-state index is 12.0. The van der Waals surface area contributed by atoms with Gasteiger partial charge in [-0.3, -0.25) is 9.59 Å². The van der Waals surface area contributed by atoms with Crippen molar-refractivity contribution in [1.29, 1.82) is 0 Å². The smallest absolute Gasteiger partial charge is 0.312 e. The number of carboxylic acids is 3. The lowest BCUT2D eigenvalue weighted by Gasteiger charge is -2.44. The van der Waals surface area contributed by atoms with Gasteiger partial charge in [-0.2, -0.15) is 0 Å². The first-order valence-electron chi connectivity index (χ1n) is 19.3. The van der Waals surface area contributed by atoms with Crippen LogP contribution in [-0.2, 0) is 14.4 Å². The van der Waals surface area contributed by atoms with Gasteiger partial charge >= 0.3 is 11.9 Å². The van der Waals surface area contributed by atoms with E-state index in [0.29, 0.717) is 25.8 Å². The van der Waals surface area contributed by atoms with E-state index < -0.39 is 35.7 Å². The third-order valence-corrected chi connectivity index (χ3v) is 9.98. The minimum absolute atomic E-state index is 0.219. The average molecular weight is 652 g/mol. The molecule has 7 nitrogen and oxygen atoms in total. The van der Waals surface area contributed by atoms with Crippen molar-refractivity contribution in [2.24, 2.45) is 17.8 Å². The number of rotatable bonds is 34. The fraction of sp³-hybridized carbons (Fsp3) is 0.872. The van der Waals surface area contributed by atoms with Gasteiger partial charge in [-0.25, -0.2) is 0 Å². The Labute approximate surface area is 283 Å². The molecule has 0 heterocycles. The van der Waals surface area contributed by atoms with Crippen LogP contribution in [-0.4, -0.2) is 58.8 Å². The normalized spacial score (nSPS) is 15.0. The summed E-state index contributed by atoms with van der Waals surface area (Å²) in [7, 11) is 0. The highest BCUT2D eigenvalue weighted by molar-refractivity contribution is 5.70. The van der Waals surface area contributed by atoms with Gasteiger partial charge in [0.1, 0.15) is 11.8 Å². The molecule has 0 radical (unpaired) electrons. The second kappa shape index (κ2) is 29.3. The largest absolute Gasteiger partial charge is 0.550 e. The molecule has 0 rings (SSSR count). The molecule has 0 bridgehead atoms. The van der Waals surface area contributed by atoms with Crippen LogP contribution in [0, 0.1) is 17.8 Å². The molecule has 0 aliphatic rings. The first-order valence-corrected chi connectivity index (χ1v) is 19.3.